The highest BCUT2D eigenvalue weighted by Crippen LogP contribution is 2.32. The molecule has 0 fully saturated rings. The van der Waals surface area contributed by atoms with Crippen molar-refractivity contribution in [1.29, 1.82) is 0 Å². The van der Waals surface area contributed by atoms with Crippen LogP contribution in [-0.4, -0.2) is 11.9 Å². The molecule has 2 bridgehead atoms. The van der Waals surface area contributed by atoms with Crippen molar-refractivity contribution in [2.75, 3.05) is 0 Å². The lowest BCUT2D eigenvalue weighted by Gasteiger charge is -2.14. The van der Waals surface area contributed by atoms with Crippen LogP contribution in [0.1, 0.15) is 31.8 Å². The van der Waals surface area contributed by atoms with Gasteiger partial charge >= 0.3 is 11.9 Å². The van der Waals surface area contributed by atoms with E-state index in [1.54, 1.807) is 0 Å². The maximum Gasteiger partial charge on any atom is 0.347 e. The van der Waals surface area contributed by atoms with Gasteiger partial charge in [-0.3, -0.25) is 0 Å². The Morgan fingerprint density at radius 3 is 1.77 bits per heavy atom. The van der Waals surface area contributed by atoms with Crippen molar-refractivity contribution in [3.05, 3.63) is 34.4 Å². The van der Waals surface area contributed by atoms with Crippen LogP contribution in [0.2, 0.25) is 0 Å². The highest BCUT2D eigenvalue weighted by Gasteiger charge is 2.36. The van der Waals surface area contributed by atoms with Crippen LogP contribution in [-0.2, 0) is 17.6 Å². The van der Waals surface area contributed by atoms with Gasteiger partial charge in [0.05, 0.1) is 11.1 Å². The fourth-order valence-corrected chi connectivity index (χ4v) is 2.03. The van der Waals surface area contributed by atoms with E-state index in [1.807, 2.05) is 12.1 Å². The van der Waals surface area contributed by atoms with Gasteiger partial charge in [0.2, 0.25) is 0 Å². The van der Waals surface area contributed by atoms with Gasteiger partial charge in [-0.2, -0.15) is 0 Å². The Hall–Kier alpha value is -1.64. The van der Waals surface area contributed by atoms with Crippen molar-refractivity contribution < 1.29 is 14.3 Å². The highest BCUT2D eigenvalue weighted by molar-refractivity contribution is 6.16. The lowest BCUT2D eigenvalue weighted by molar-refractivity contribution is 0.0443. The number of esters is 2. The molecule has 0 N–H and O–H groups in total. The summed E-state index contributed by atoms with van der Waals surface area (Å²) < 4.78 is 4.56. The standard InChI is InChI=1S/C10H6O3/c11-9-7-5-1-2-6(4-3-5)8(7)10(12)13-9/h1-2H,3-4H2. The molecule has 4 rings (SSSR count). The number of aryl methyl sites for hydroxylation is 2. The molecular formula is C10H6O3. The molecule has 0 saturated heterocycles. The molecule has 1 heterocycles. The molecule has 3 heteroatoms. The molecule has 0 unspecified atom stereocenters. The molecular weight excluding hydrogens is 168 g/mol. The van der Waals surface area contributed by atoms with E-state index in [2.05, 4.69) is 4.74 Å². The summed E-state index contributed by atoms with van der Waals surface area (Å²) in [5.41, 5.74) is 2.91. The zero-order chi connectivity index (χ0) is 9.00. The second-order valence-electron chi connectivity index (χ2n) is 3.31. The number of ether oxygens (including phenoxy) is 1. The maximum absolute atomic E-state index is 11.2. The highest BCUT2D eigenvalue weighted by atomic mass is 16.6. The van der Waals surface area contributed by atoms with Gasteiger partial charge in [0.15, 0.2) is 0 Å². The third-order valence-electron chi connectivity index (χ3n) is 2.64. The van der Waals surface area contributed by atoms with Crippen LogP contribution in [0, 0.1) is 0 Å². The summed E-state index contributed by atoms with van der Waals surface area (Å²) in [7, 11) is 0. The number of hydrogen-bond acceptors (Lipinski definition) is 3. The Morgan fingerprint density at radius 2 is 1.38 bits per heavy atom. The summed E-state index contributed by atoms with van der Waals surface area (Å²) in [6.45, 7) is 0. The minimum atomic E-state index is -0.475. The van der Waals surface area contributed by atoms with Crippen LogP contribution in [0.25, 0.3) is 0 Å². The number of rotatable bonds is 0. The first-order valence-corrected chi connectivity index (χ1v) is 4.18. The van der Waals surface area contributed by atoms with Gasteiger partial charge in [0.1, 0.15) is 0 Å². The van der Waals surface area contributed by atoms with Gasteiger partial charge in [-0.15, -0.1) is 0 Å². The third-order valence-corrected chi connectivity index (χ3v) is 2.64. The Morgan fingerprint density at radius 1 is 0.923 bits per heavy atom. The lowest BCUT2D eigenvalue weighted by atomic mass is 9.86. The third kappa shape index (κ3) is 0.691. The van der Waals surface area contributed by atoms with Gasteiger partial charge in [0.25, 0.3) is 0 Å². The van der Waals surface area contributed by atoms with E-state index in [4.69, 9.17) is 0 Å². The van der Waals surface area contributed by atoms with Crippen molar-refractivity contribution in [3.8, 4) is 0 Å². The first kappa shape index (κ1) is 6.83. The molecule has 0 aromatic heterocycles. The van der Waals surface area contributed by atoms with Crippen LogP contribution < -0.4 is 0 Å². The van der Waals surface area contributed by atoms with Gasteiger partial charge in [-0.25, -0.2) is 9.59 Å². The average Bonchev–Trinajstić information content (AvgIpc) is 2.47. The van der Waals surface area contributed by atoms with E-state index in [0.29, 0.717) is 11.1 Å². The zero-order valence-electron chi connectivity index (χ0n) is 6.79. The topological polar surface area (TPSA) is 43.4 Å². The van der Waals surface area contributed by atoms with Crippen LogP contribution in [0.4, 0.5) is 0 Å². The smallest absolute Gasteiger partial charge is 0.347 e. The first-order valence-electron chi connectivity index (χ1n) is 4.18. The molecule has 3 nitrogen and oxygen atoms in total. The second-order valence-corrected chi connectivity index (χ2v) is 3.31. The predicted octanol–water partition coefficient (Wildman–Crippen LogP) is 1.10. The number of hydrogen-bond donors (Lipinski definition) is 0. The first-order chi connectivity index (χ1) is 6.27. The maximum atomic E-state index is 11.2. The Balaban J connectivity index is 2.44. The molecule has 1 aromatic carbocycles. The van der Waals surface area contributed by atoms with E-state index in [0.717, 1.165) is 24.0 Å². The molecule has 2 aliphatic carbocycles. The van der Waals surface area contributed by atoms with Crippen molar-refractivity contribution in [3.63, 3.8) is 0 Å². The normalized spacial score (nSPS) is 17.5. The molecule has 0 radical (unpaired) electrons. The van der Waals surface area contributed by atoms with Crippen LogP contribution in [0.5, 0.6) is 0 Å². The molecule has 0 amide bonds. The summed E-state index contributed by atoms with van der Waals surface area (Å²) in [5.74, 6) is -0.951. The summed E-state index contributed by atoms with van der Waals surface area (Å²) in [6, 6.07) is 3.80. The van der Waals surface area contributed by atoms with E-state index < -0.39 is 11.9 Å². The summed E-state index contributed by atoms with van der Waals surface area (Å²) in [4.78, 5) is 22.5. The van der Waals surface area contributed by atoms with Gasteiger partial charge in [-0.05, 0) is 24.0 Å². The molecule has 3 aliphatic rings. The van der Waals surface area contributed by atoms with E-state index >= 15 is 0 Å². The monoisotopic (exact) mass is 174 g/mol. The molecule has 1 aromatic rings. The van der Waals surface area contributed by atoms with Crippen LogP contribution in [0.15, 0.2) is 12.1 Å². The zero-order valence-corrected chi connectivity index (χ0v) is 6.79. The van der Waals surface area contributed by atoms with E-state index in [9.17, 15) is 9.59 Å². The Kier molecular flexibility index (Phi) is 1.05. The van der Waals surface area contributed by atoms with Gasteiger partial charge in [-0.1, -0.05) is 12.1 Å². The molecule has 0 saturated carbocycles. The number of carbonyl (C=O) groups is 2. The average molecular weight is 174 g/mol. The minimum absolute atomic E-state index is 0.475. The molecule has 1 aliphatic heterocycles. The summed E-state index contributed by atoms with van der Waals surface area (Å²) >= 11 is 0. The Labute approximate surface area is 74.3 Å². The number of cyclic esters (lactones) is 2. The molecule has 64 valence electrons. The van der Waals surface area contributed by atoms with E-state index in [-0.39, 0.29) is 0 Å². The van der Waals surface area contributed by atoms with Crippen LogP contribution in [0.3, 0.4) is 0 Å². The minimum Gasteiger partial charge on any atom is -0.386 e. The number of fused-ring (bicyclic) bond motifs is 2. The van der Waals surface area contributed by atoms with E-state index in [1.165, 1.54) is 0 Å². The summed E-state index contributed by atoms with van der Waals surface area (Å²) in [5, 5.41) is 0. The quantitative estimate of drug-likeness (QED) is 0.437. The van der Waals surface area contributed by atoms with Gasteiger partial charge < -0.3 is 4.74 Å². The van der Waals surface area contributed by atoms with Crippen LogP contribution >= 0.6 is 0 Å². The second kappa shape index (κ2) is 1.99. The van der Waals surface area contributed by atoms with Crippen molar-refractivity contribution in [2.24, 2.45) is 0 Å². The fourth-order valence-electron chi connectivity index (χ4n) is 2.03. The predicted molar refractivity (Wildman–Crippen MR) is 43.6 cm³/mol. The van der Waals surface area contributed by atoms with Crippen molar-refractivity contribution >= 4 is 11.9 Å². The fraction of sp³-hybridized carbons (Fsp3) is 0.200. The molecule has 0 atom stereocenters. The van der Waals surface area contributed by atoms with Gasteiger partial charge in [0, 0.05) is 0 Å². The molecule has 0 spiro atoms. The number of carbonyl (C=O) groups excluding carboxylic acids is 2. The largest absolute Gasteiger partial charge is 0.386 e. The Bertz CT molecular complexity index is 405. The molecule has 13 heavy (non-hydrogen) atoms. The van der Waals surface area contributed by atoms with Crippen molar-refractivity contribution in [2.45, 2.75) is 12.8 Å². The summed E-state index contributed by atoms with van der Waals surface area (Å²) in [6.07, 6.45) is 1.71. The number of benzene rings is 1. The lowest BCUT2D eigenvalue weighted by Crippen LogP contribution is -2.10. The van der Waals surface area contributed by atoms with Crippen molar-refractivity contribution in [1.82, 2.24) is 0 Å². The SMILES string of the molecule is O=C1OC(=O)c2c3ccc(c21)CC3.